The number of hydrogen-bond donors (Lipinski definition) is 0. The Morgan fingerprint density at radius 3 is 1.09 bits per heavy atom. The molecular formula is C84H84B2N8O2. The second kappa shape index (κ2) is 32.2. The first-order chi connectivity index (χ1) is 47.3. The summed E-state index contributed by atoms with van der Waals surface area (Å²) in [7, 11) is 0. The van der Waals surface area contributed by atoms with E-state index in [0.29, 0.717) is 91.5 Å². The van der Waals surface area contributed by atoms with Crippen LogP contribution in [-0.4, -0.2) is 55.8 Å². The number of nitrogens with zero attached hydrogens (tertiary/aromatic N) is 8. The lowest BCUT2D eigenvalue weighted by Crippen LogP contribution is -2.54. The molecule has 0 spiro atoms. The van der Waals surface area contributed by atoms with Crippen molar-refractivity contribution in [2.75, 3.05) is 13.2 Å². The van der Waals surface area contributed by atoms with Crippen molar-refractivity contribution in [1.29, 1.82) is 10.5 Å². The van der Waals surface area contributed by atoms with Crippen LogP contribution < -0.4 is 42.0 Å². The molecule has 0 aliphatic carbocycles. The first kappa shape index (κ1) is 65.8. The second-order valence-electron chi connectivity index (χ2n) is 25.8. The monoisotopic (exact) mass is 1260 g/mol. The van der Waals surface area contributed by atoms with E-state index >= 15 is 0 Å². The first-order valence-electron chi connectivity index (χ1n) is 34.8. The van der Waals surface area contributed by atoms with Gasteiger partial charge in [0, 0.05) is 33.3 Å². The van der Waals surface area contributed by atoms with Gasteiger partial charge in [-0.3, -0.25) is 9.97 Å². The van der Waals surface area contributed by atoms with Crippen LogP contribution in [0.5, 0.6) is 11.5 Å². The summed E-state index contributed by atoms with van der Waals surface area (Å²) in [5, 5.41) is 27.8. The number of benzene rings is 8. The van der Waals surface area contributed by atoms with Crippen LogP contribution in [0.25, 0.3) is 66.5 Å². The molecule has 10 nitrogen and oxygen atoms in total. The standard InChI is InChI=1S/C84H84B2N8O2/c1-5-7-9-11-13-19-35-61(3)59-95-69-47-33-37-63(53-69)81-79-80(84(72(56-88)78-58-90-74-50-30-32-52-76(74)92-78)93(81)85(65-39-21-15-22-40-65)66-41-23-16-24-42-66)82(64-38-34-48-70(54-64)96-60-62(4)36-20-14-12-10-8-6-2)94(86(67-43-25-17-26-44-67)68-45-27-18-28-46-68)83(79)71(55-87)77-57-89-73-49-29-31-51-75(73)91-77/h15-18,21-34,37-54,57-58,61-62H,5-14,19-20,35-36,59-60H2,1-4H3/b83-71-,84-72-. The number of hydrogen-bond acceptors (Lipinski definition) is 8. The van der Waals surface area contributed by atoms with Gasteiger partial charge in [-0.2, -0.15) is 10.5 Å². The van der Waals surface area contributed by atoms with Gasteiger partial charge in [0.1, 0.15) is 46.2 Å². The third-order valence-corrected chi connectivity index (χ3v) is 18.6. The minimum Gasteiger partial charge on any atom is -0.493 e. The quantitative estimate of drug-likeness (QED) is 0.0322. The lowest BCUT2D eigenvalue weighted by Gasteiger charge is -2.24. The summed E-state index contributed by atoms with van der Waals surface area (Å²) < 4.78 is 18.6. The molecule has 0 fully saturated rings. The van der Waals surface area contributed by atoms with Crippen LogP contribution in [0.4, 0.5) is 0 Å². The largest absolute Gasteiger partial charge is 0.493 e. The molecule has 0 aliphatic rings. The summed E-state index contributed by atoms with van der Waals surface area (Å²) in [6.45, 7) is 8.99. The normalized spacial score (nSPS) is 12.6. The molecule has 2 atom stereocenters. The Balaban J connectivity index is 1.27. The van der Waals surface area contributed by atoms with Crippen molar-refractivity contribution in [2.24, 2.45) is 11.8 Å². The van der Waals surface area contributed by atoms with E-state index in [1.54, 1.807) is 12.4 Å². The summed E-state index contributed by atoms with van der Waals surface area (Å²) >= 11 is 0. The third-order valence-electron chi connectivity index (χ3n) is 18.6. The van der Waals surface area contributed by atoms with Gasteiger partial charge in [-0.1, -0.05) is 296 Å². The van der Waals surface area contributed by atoms with Gasteiger partial charge in [0.25, 0.3) is 0 Å². The molecule has 8 aromatic carbocycles. The lowest BCUT2D eigenvalue weighted by molar-refractivity contribution is 0.249. The molecule has 12 heteroatoms. The van der Waals surface area contributed by atoms with Crippen LogP contribution in [0.1, 0.15) is 129 Å². The van der Waals surface area contributed by atoms with E-state index in [1.165, 1.54) is 64.2 Å². The van der Waals surface area contributed by atoms with E-state index in [4.69, 9.17) is 29.4 Å². The summed E-state index contributed by atoms with van der Waals surface area (Å²) in [5.41, 5.74) is 11.1. The molecule has 2 unspecified atom stereocenters. The Labute approximate surface area is 566 Å². The fourth-order valence-electron chi connectivity index (χ4n) is 13.8. The molecule has 0 aliphatic heterocycles. The minimum absolute atomic E-state index is 0.290. The summed E-state index contributed by atoms with van der Waals surface area (Å²) in [4.78, 5) is 20.8. The van der Waals surface area contributed by atoms with Crippen LogP contribution in [0.2, 0.25) is 0 Å². The van der Waals surface area contributed by atoms with Gasteiger partial charge in [0.2, 0.25) is 0 Å². The van der Waals surface area contributed by atoms with Gasteiger partial charge in [-0.15, -0.1) is 0 Å². The maximum absolute atomic E-state index is 12.6. The Hall–Kier alpha value is -10.3. The predicted molar refractivity (Wildman–Crippen MR) is 397 cm³/mol. The Bertz CT molecular complexity index is 4410. The highest BCUT2D eigenvalue weighted by Crippen LogP contribution is 2.39. The van der Waals surface area contributed by atoms with E-state index < -0.39 is 13.7 Å². The number of para-hydroxylation sites is 4. The van der Waals surface area contributed by atoms with Crippen LogP contribution in [0, 0.1) is 34.5 Å². The second-order valence-corrected chi connectivity index (χ2v) is 25.8. The molecule has 4 aromatic heterocycles. The van der Waals surface area contributed by atoms with Crippen molar-refractivity contribution in [3.63, 3.8) is 0 Å². The van der Waals surface area contributed by atoms with Crippen molar-refractivity contribution in [3.05, 3.63) is 253 Å². The maximum atomic E-state index is 12.6. The molecule has 4 heterocycles. The molecule has 12 aromatic rings. The Morgan fingerprint density at radius 2 is 0.740 bits per heavy atom. The number of nitriles is 2. The van der Waals surface area contributed by atoms with E-state index in [2.05, 4.69) is 182 Å². The fourth-order valence-corrected chi connectivity index (χ4v) is 13.8. The van der Waals surface area contributed by atoms with Crippen molar-refractivity contribution < 1.29 is 9.47 Å². The molecule has 0 bridgehead atoms. The van der Waals surface area contributed by atoms with Gasteiger partial charge < -0.3 is 18.4 Å². The van der Waals surface area contributed by atoms with Crippen LogP contribution in [0.3, 0.4) is 0 Å². The van der Waals surface area contributed by atoms with Gasteiger partial charge in [-0.25, -0.2) is 9.97 Å². The molecule has 96 heavy (non-hydrogen) atoms. The van der Waals surface area contributed by atoms with Crippen molar-refractivity contribution >= 4 is 79.5 Å². The van der Waals surface area contributed by atoms with Crippen molar-refractivity contribution in [1.82, 2.24) is 28.9 Å². The van der Waals surface area contributed by atoms with Gasteiger partial charge in [-0.05, 0) is 73.2 Å². The third kappa shape index (κ3) is 15.0. The van der Waals surface area contributed by atoms with E-state index in [0.717, 1.165) is 70.0 Å². The summed E-state index contributed by atoms with van der Waals surface area (Å²) in [5.74, 6) is 2.04. The molecule has 0 saturated heterocycles. The molecule has 0 radical (unpaired) electrons. The SMILES string of the molecule is CCCCCCCCC(C)COc1cccc(-c2c3/c(=C(\C#N)c4cnc5ccccc5n4)n(B(c4ccccc4)c4ccccc4)c(-c4cccc(OCC(C)CCCCCCCC)c4)c3/c(=C(\C#N)c3cnc4ccccc4n3)n2B(c2ccccc2)c2ccccc2)c1. The Kier molecular flexibility index (Phi) is 22.1. The highest BCUT2D eigenvalue weighted by atomic mass is 16.5. The number of ether oxygens (including phenoxy) is 2. The topological polar surface area (TPSA) is 127 Å². The zero-order chi connectivity index (χ0) is 66.0. The van der Waals surface area contributed by atoms with E-state index in [-0.39, 0.29) is 11.1 Å². The highest BCUT2D eigenvalue weighted by Gasteiger charge is 2.38. The first-order valence-corrected chi connectivity index (χ1v) is 34.8. The van der Waals surface area contributed by atoms with E-state index in [9.17, 15) is 10.5 Å². The zero-order valence-electron chi connectivity index (χ0n) is 56.0. The number of aromatic nitrogens is 6. The number of unbranched alkanes of at least 4 members (excludes halogenated alkanes) is 10. The minimum atomic E-state index is -0.592. The van der Waals surface area contributed by atoms with Crippen molar-refractivity contribution in [2.45, 2.75) is 118 Å². The van der Waals surface area contributed by atoms with Crippen molar-refractivity contribution in [3.8, 4) is 46.2 Å². The molecule has 478 valence electrons. The van der Waals surface area contributed by atoms with Gasteiger partial charge in [0.15, 0.2) is 0 Å². The number of fused-ring (bicyclic) bond motifs is 3. The molecule has 0 amide bonds. The lowest BCUT2D eigenvalue weighted by atomic mass is 9.50. The van der Waals surface area contributed by atoms with Crippen LogP contribution in [-0.2, 0) is 0 Å². The summed E-state index contributed by atoms with van der Waals surface area (Å²) in [6.07, 6.45) is 20.4. The average molecular weight is 1260 g/mol. The maximum Gasteiger partial charge on any atom is 0.328 e. The molecule has 0 N–H and O–H groups in total. The zero-order valence-corrected chi connectivity index (χ0v) is 56.0. The van der Waals surface area contributed by atoms with Crippen LogP contribution in [0.15, 0.2) is 231 Å². The van der Waals surface area contributed by atoms with Crippen LogP contribution >= 0.6 is 0 Å². The summed E-state index contributed by atoms with van der Waals surface area (Å²) in [6, 6.07) is 80.2. The van der Waals surface area contributed by atoms with Gasteiger partial charge in [0.05, 0.1) is 58.4 Å². The fraction of sp³-hybridized carbons (Fsp3) is 0.262. The highest BCUT2D eigenvalue weighted by molar-refractivity contribution is 6.85. The number of rotatable bonds is 30. The van der Waals surface area contributed by atoms with Gasteiger partial charge >= 0.3 is 13.7 Å². The molecule has 12 rings (SSSR count). The average Bonchev–Trinajstić information content (AvgIpc) is 1.52. The Morgan fingerprint density at radius 1 is 0.406 bits per heavy atom. The smallest absolute Gasteiger partial charge is 0.328 e. The predicted octanol–water partition coefficient (Wildman–Crippen LogP) is 15.9. The molecular weight excluding hydrogens is 1170 g/mol. The molecule has 0 saturated carbocycles. The van der Waals surface area contributed by atoms with E-state index in [1.807, 2.05) is 84.9 Å².